The van der Waals surface area contributed by atoms with Crippen molar-refractivity contribution in [2.45, 2.75) is 38.6 Å². The van der Waals surface area contributed by atoms with Crippen molar-refractivity contribution in [3.05, 3.63) is 69.9 Å². The van der Waals surface area contributed by atoms with Crippen LogP contribution in [0.25, 0.3) is 5.69 Å². The molecule has 0 aliphatic heterocycles. The predicted octanol–water partition coefficient (Wildman–Crippen LogP) is 4.30. The molecule has 1 aliphatic rings. The summed E-state index contributed by atoms with van der Waals surface area (Å²) in [4.78, 5) is 18.9. The molecule has 1 aromatic carbocycles. The second-order valence-electron chi connectivity index (χ2n) is 6.52. The summed E-state index contributed by atoms with van der Waals surface area (Å²) in [7, 11) is 0. The van der Waals surface area contributed by atoms with Crippen molar-refractivity contribution in [1.82, 2.24) is 14.9 Å². The number of benzene rings is 1. The van der Waals surface area contributed by atoms with E-state index in [1.165, 1.54) is 23.3 Å². The molecule has 3 aromatic rings. The summed E-state index contributed by atoms with van der Waals surface area (Å²) in [6, 6.07) is 10.3. The van der Waals surface area contributed by atoms with Crippen molar-refractivity contribution < 1.29 is 4.79 Å². The zero-order valence-electron chi connectivity index (χ0n) is 14.2. The molecule has 0 bridgehead atoms. The Morgan fingerprint density at radius 1 is 1.24 bits per heavy atom. The van der Waals surface area contributed by atoms with Crippen LogP contribution in [0.15, 0.2) is 49.1 Å². The van der Waals surface area contributed by atoms with Gasteiger partial charge in [-0.3, -0.25) is 4.79 Å². The average molecular weight is 351 g/mol. The molecule has 0 saturated heterocycles. The molecule has 1 atom stereocenters. The van der Waals surface area contributed by atoms with E-state index in [4.69, 9.17) is 0 Å². The van der Waals surface area contributed by atoms with Gasteiger partial charge in [-0.05, 0) is 61.9 Å². The van der Waals surface area contributed by atoms with Gasteiger partial charge in [0.2, 0.25) is 0 Å². The number of carbonyl (C=O) groups is 1. The zero-order chi connectivity index (χ0) is 17.2. The average Bonchev–Trinajstić information content (AvgIpc) is 3.31. The number of rotatable bonds is 4. The highest BCUT2D eigenvalue weighted by molar-refractivity contribution is 7.14. The maximum Gasteiger partial charge on any atom is 0.261 e. The third-order valence-corrected chi connectivity index (χ3v) is 6.00. The quantitative estimate of drug-likeness (QED) is 0.761. The fourth-order valence-corrected chi connectivity index (χ4v) is 4.46. The largest absolute Gasteiger partial charge is 0.345 e. The number of hydrogen-bond acceptors (Lipinski definition) is 3. The number of imidazole rings is 1. The van der Waals surface area contributed by atoms with E-state index in [1.54, 1.807) is 23.9 Å². The minimum atomic E-state index is -0.0246. The van der Waals surface area contributed by atoms with Gasteiger partial charge in [0.1, 0.15) is 0 Å². The zero-order valence-corrected chi connectivity index (χ0v) is 15.1. The van der Waals surface area contributed by atoms with Gasteiger partial charge in [0.15, 0.2) is 0 Å². The first kappa shape index (κ1) is 16.1. The molecule has 0 radical (unpaired) electrons. The fraction of sp³-hybridized carbons (Fsp3) is 0.300. The molecule has 4 nitrogen and oxygen atoms in total. The van der Waals surface area contributed by atoms with Crippen molar-refractivity contribution in [2.75, 3.05) is 0 Å². The summed E-state index contributed by atoms with van der Waals surface area (Å²) in [5.41, 5.74) is 3.53. The standard InChI is InChI=1S/C20H21N3OS/c1-14(15-6-8-17(9-7-15)23-11-10-21-13-23)22-20(24)19-12-16-4-2-3-5-18(16)25-19/h6-14H,2-5H2,1H3,(H,22,24). The molecule has 25 heavy (non-hydrogen) atoms. The van der Waals surface area contributed by atoms with Gasteiger partial charge in [-0.25, -0.2) is 4.98 Å². The SMILES string of the molecule is CC(NC(=O)c1cc2c(s1)CCCC2)c1ccc(-n2ccnc2)cc1. The first-order chi connectivity index (χ1) is 12.2. The summed E-state index contributed by atoms with van der Waals surface area (Å²) in [5, 5.41) is 3.13. The number of amides is 1. The number of hydrogen-bond donors (Lipinski definition) is 1. The number of aromatic nitrogens is 2. The lowest BCUT2D eigenvalue weighted by Crippen LogP contribution is -2.25. The summed E-state index contributed by atoms with van der Waals surface area (Å²) in [5.74, 6) is 0.0330. The number of carbonyl (C=O) groups excluding carboxylic acids is 1. The molecule has 1 unspecified atom stereocenters. The molecule has 1 aliphatic carbocycles. The van der Waals surface area contributed by atoms with Crippen LogP contribution in [0.5, 0.6) is 0 Å². The molecule has 128 valence electrons. The molecule has 0 spiro atoms. The lowest BCUT2D eigenvalue weighted by atomic mass is 9.99. The molecular weight excluding hydrogens is 330 g/mol. The Morgan fingerprint density at radius 2 is 2.04 bits per heavy atom. The molecule has 2 aromatic heterocycles. The minimum absolute atomic E-state index is 0.0246. The Balaban J connectivity index is 1.45. The molecule has 0 saturated carbocycles. The van der Waals surface area contributed by atoms with Gasteiger partial charge >= 0.3 is 0 Å². The fourth-order valence-electron chi connectivity index (χ4n) is 3.30. The van der Waals surface area contributed by atoms with E-state index < -0.39 is 0 Å². The Morgan fingerprint density at radius 3 is 2.76 bits per heavy atom. The summed E-state index contributed by atoms with van der Waals surface area (Å²) in [6.45, 7) is 2.03. The molecular formula is C20H21N3OS. The van der Waals surface area contributed by atoms with E-state index in [-0.39, 0.29) is 11.9 Å². The lowest BCUT2D eigenvalue weighted by Gasteiger charge is -2.14. The van der Waals surface area contributed by atoms with Gasteiger partial charge in [0.25, 0.3) is 5.91 Å². The molecule has 1 N–H and O–H groups in total. The Hall–Kier alpha value is -2.40. The number of aryl methyl sites for hydroxylation is 2. The van der Waals surface area contributed by atoms with Crippen LogP contribution in [0, 0.1) is 0 Å². The highest BCUT2D eigenvalue weighted by Crippen LogP contribution is 2.30. The van der Waals surface area contributed by atoms with Crippen molar-refractivity contribution in [1.29, 1.82) is 0 Å². The first-order valence-electron chi connectivity index (χ1n) is 8.71. The van der Waals surface area contributed by atoms with Crippen LogP contribution in [0.2, 0.25) is 0 Å². The Bertz CT molecular complexity index is 841. The highest BCUT2D eigenvalue weighted by atomic mass is 32.1. The first-order valence-corrected chi connectivity index (χ1v) is 9.53. The number of nitrogens with one attached hydrogen (secondary N) is 1. The maximum atomic E-state index is 12.6. The van der Waals surface area contributed by atoms with Crippen molar-refractivity contribution in [2.24, 2.45) is 0 Å². The number of thiophene rings is 1. The van der Waals surface area contributed by atoms with E-state index in [0.717, 1.165) is 29.0 Å². The van der Waals surface area contributed by atoms with Gasteiger partial charge in [-0.1, -0.05) is 12.1 Å². The summed E-state index contributed by atoms with van der Waals surface area (Å²) >= 11 is 1.66. The Labute approximate surface area is 151 Å². The van der Waals surface area contributed by atoms with Crippen LogP contribution in [-0.4, -0.2) is 15.5 Å². The van der Waals surface area contributed by atoms with E-state index in [0.29, 0.717) is 0 Å². The monoisotopic (exact) mass is 351 g/mol. The molecule has 5 heteroatoms. The van der Waals surface area contributed by atoms with Crippen LogP contribution in [0.3, 0.4) is 0 Å². The smallest absolute Gasteiger partial charge is 0.261 e. The normalized spacial score (nSPS) is 14.8. The topological polar surface area (TPSA) is 46.9 Å². The van der Waals surface area contributed by atoms with Gasteiger partial charge in [-0.15, -0.1) is 11.3 Å². The molecule has 4 rings (SSSR count). The molecule has 2 heterocycles. The molecule has 1 amide bonds. The maximum absolute atomic E-state index is 12.6. The number of fused-ring (bicyclic) bond motifs is 1. The molecule has 0 fully saturated rings. The van der Waals surface area contributed by atoms with Crippen LogP contribution in [0.4, 0.5) is 0 Å². The van der Waals surface area contributed by atoms with Crippen molar-refractivity contribution in [3.8, 4) is 5.69 Å². The second kappa shape index (κ2) is 6.84. The second-order valence-corrected chi connectivity index (χ2v) is 7.66. The predicted molar refractivity (Wildman–Crippen MR) is 100 cm³/mol. The Kier molecular flexibility index (Phi) is 4.40. The van der Waals surface area contributed by atoms with Crippen molar-refractivity contribution >= 4 is 17.2 Å². The van der Waals surface area contributed by atoms with Gasteiger partial charge < -0.3 is 9.88 Å². The van der Waals surface area contributed by atoms with Crippen molar-refractivity contribution in [3.63, 3.8) is 0 Å². The van der Waals surface area contributed by atoms with Crippen LogP contribution < -0.4 is 5.32 Å². The summed E-state index contributed by atoms with van der Waals surface area (Å²) in [6.07, 6.45) is 10.2. The van der Waals surface area contributed by atoms with Crippen LogP contribution in [0.1, 0.15) is 51.5 Å². The van der Waals surface area contributed by atoms with Crippen LogP contribution in [-0.2, 0) is 12.8 Å². The third kappa shape index (κ3) is 3.37. The van der Waals surface area contributed by atoms with Gasteiger partial charge in [0.05, 0.1) is 17.2 Å². The van der Waals surface area contributed by atoms with Gasteiger partial charge in [-0.2, -0.15) is 0 Å². The highest BCUT2D eigenvalue weighted by Gasteiger charge is 2.18. The number of nitrogens with zero attached hydrogens (tertiary/aromatic N) is 2. The van der Waals surface area contributed by atoms with Crippen LogP contribution >= 0.6 is 11.3 Å². The van der Waals surface area contributed by atoms with E-state index in [9.17, 15) is 4.79 Å². The lowest BCUT2D eigenvalue weighted by molar-refractivity contribution is 0.0944. The van der Waals surface area contributed by atoms with Gasteiger partial charge in [0, 0.05) is 23.0 Å². The van der Waals surface area contributed by atoms with E-state index >= 15 is 0 Å². The van der Waals surface area contributed by atoms with E-state index in [2.05, 4.69) is 28.5 Å². The van der Waals surface area contributed by atoms with E-state index in [1.807, 2.05) is 29.8 Å². The summed E-state index contributed by atoms with van der Waals surface area (Å²) < 4.78 is 1.96. The minimum Gasteiger partial charge on any atom is -0.345 e. The third-order valence-electron chi connectivity index (χ3n) is 4.76.